The molecule has 2 N–H and O–H groups in total. The summed E-state index contributed by atoms with van der Waals surface area (Å²) in [5, 5.41) is 3.34. The smallest absolute Gasteiger partial charge is 0.279 e. The van der Waals surface area contributed by atoms with Gasteiger partial charge in [-0.15, -0.1) is 0 Å². The molecule has 0 aromatic heterocycles. The van der Waals surface area contributed by atoms with Gasteiger partial charge in [0.05, 0.1) is 19.2 Å². The van der Waals surface area contributed by atoms with Crippen LogP contribution in [-0.4, -0.2) is 26.6 Å². The lowest BCUT2D eigenvalue weighted by atomic mass is 10.1. The second kappa shape index (κ2) is 7.99. The molecule has 0 spiro atoms. The van der Waals surface area contributed by atoms with Gasteiger partial charge in [0.2, 0.25) is 0 Å². The zero-order chi connectivity index (χ0) is 16.8. The third-order valence-electron chi connectivity index (χ3n) is 3.52. The molecule has 0 saturated carbocycles. The summed E-state index contributed by atoms with van der Waals surface area (Å²) >= 11 is 6.06. The van der Waals surface area contributed by atoms with Gasteiger partial charge in [0.25, 0.3) is 5.91 Å². The number of rotatable bonds is 6. The highest BCUT2D eigenvalue weighted by Gasteiger charge is 2.12. The van der Waals surface area contributed by atoms with E-state index in [0.29, 0.717) is 23.0 Å². The minimum absolute atomic E-state index is 0.0455. The molecular formula is C18H22ClN2O2+. The maximum atomic E-state index is 12.1. The lowest BCUT2D eigenvalue weighted by molar-refractivity contribution is -0.885. The van der Waals surface area contributed by atoms with Crippen LogP contribution in [0.15, 0.2) is 42.5 Å². The normalized spacial score (nSPS) is 11.8. The van der Waals surface area contributed by atoms with E-state index in [1.807, 2.05) is 7.05 Å². The minimum Gasteiger partial charge on any atom is -0.495 e. The summed E-state index contributed by atoms with van der Waals surface area (Å²) in [6.07, 6.45) is 0. The van der Waals surface area contributed by atoms with Gasteiger partial charge in [0, 0.05) is 11.3 Å². The molecule has 0 radical (unpaired) electrons. The van der Waals surface area contributed by atoms with Gasteiger partial charge in [-0.2, -0.15) is 0 Å². The van der Waals surface area contributed by atoms with Crippen molar-refractivity contribution in [2.45, 2.75) is 13.5 Å². The predicted molar refractivity (Wildman–Crippen MR) is 93.3 cm³/mol. The van der Waals surface area contributed by atoms with Crippen LogP contribution in [0.1, 0.15) is 11.1 Å². The van der Waals surface area contributed by atoms with Gasteiger partial charge in [0.15, 0.2) is 6.54 Å². The van der Waals surface area contributed by atoms with E-state index in [1.165, 1.54) is 11.1 Å². The lowest BCUT2D eigenvalue weighted by Crippen LogP contribution is -3.08. The van der Waals surface area contributed by atoms with E-state index in [4.69, 9.17) is 16.3 Å². The van der Waals surface area contributed by atoms with Crippen LogP contribution < -0.4 is 15.0 Å². The quantitative estimate of drug-likeness (QED) is 0.852. The van der Waals surface area contributed by atoms with Crippen LogP contribution in [0.3, 0.4) is 0 Å². The van der Waals surface area contributed by atoms with Crippen molar-refractivity contribution in [1.82, 2.24) is 0 Å². The second-order valence-corrected chi connectivity index (χ2v) is 6.10. The number of carbonyl (C=O) groups excluding carboxylic acids is 1. The molecule has 2 rings (SSSR count). The van der Waals surface area contributed by atoms with E-state index >= 15 is 0 Å². The van der Waals surface area contributed by atoms with Crippen LogP contribution in [0.2, 0.25) is 5.02 Å². The molecule has 122 valence electrons. The number of amides is 1. The average molecular weight is 334 g/mol. The fraction of sp³-hybridized carbons (Fsp3) is 0.278. The first kappa shape index (κ1) is 17.3. The van der Waals surface area contributed by atoms with E-state index in [1.54, 1.807) is 25.3 Å². The number of quaternary nitrogens is 1. The number of aryl methyl sites for hydroxylation is 1. The maximum Gasteiger partial charge on any atom is 0.279 e. The first-order valence-corrected chi connectivity index (χ1v) is 7.86. The molecule has 1 amide bonds. The molecule has 0 aliphatic rings. The van der Waals surface area contributed by atoms with Crippen LogP contribution in [-0.2, 0) is 11.3 Å². The van der Waals surface area contributed by atoms with Crippen molar-refractivity contribution in [3.05, 3.63) is 58.6 Å². The summed E-state index contributed by atoms with van der Waals surface area (Å²) in [5.74, 6) is 0.544. The summed E-state index contributed by atoms with van der Waals surface area (Å²) in [5.41, 5.74) is 3.12. The van der Waals surface area contributed by atoms with Crippen LogP contribution in [0.5, 0.6) is 5.75 Å². The monoisotopic (exact) mass is 333 g/mol. The second-order valence-electron chi connectivity index (χ2n) is 5.69. The fourth-order valence-electron chi connectivity index (χ4n) is 2.34. The summed E-state index contributed by atoms with van der Waals surface area (Å²) < 4.78 is 5.10. The van der Waals surface area contributed by atoms with E-state index in [9.17, 15) is 4.79 Å². The van der Waals surface area contributed by atoms with Gasteiger partial charge in [-0.3, -0.25) is 4.79 Å². The third-order valence-corrected chi connectivity index (χ3v) is 3.82. The number of ether oxygens (including phenoxy) is 1. The van der Waals surface area contributed by atoms with Crippen molar-refractivity contribution in [3.63, 3.8) is 0 Å². The number of halogens is 1. The van der Waals surface area contributed by atoms with Crippen LogP contribution in [0, 0.1) is 6.92 Å². The maximum absolute atomic E-state index is 12.1. The minimum atomic E-state index is -0.0455. The van der Waals surface area contributed by atoms with E-state index in [2.05, 4.69) is 36.5 Å². The number of methoxy groups -OCH3 is 1. The molecule has 0 heterocycles. The van der Waals surface area contributed by atoms with Crippen molar-refractivity contribution >= 4 is 23.2 Å². The Balaban J connectivity index is 1.88. The Hall–Kier alpha value is -2.04. The Morgan fingerprint density at radius 3 is 2.52 bits per heavy atom. The van der Waals surface area contributed by atoms with Crippen molar-refractivity contribution in [2.24, 2.45) is 0 Å². The van der Waals surface area contributed by atoms with Crippen molar-refractivity contribution in [2.75, 3.05) is 26.0 Å². The number of anilines is 1. The highest BCUT2D eigenvalue weighted by atomic mass is 35.5. The molecule has 23 heavy (non-hydrogen) atoms. The Bertz CT molecular complexity index is 671. The number of carbonyl (C=O) groups is 1. The van der Waals surface area contributed by atoms with Gasteiger partial charge in [-0.05, 0) is 25.1 Å². The Morgan fingerprint density at radius 2 is 1.91 bits per heavy atom. The first-order chi connectivity index (χ1) is 11.0. The highest BCUT2D eigenvalue weighted by molar-refractivity contribution is 6.32. The van der Waals surface area contributed by atoms with E-state index in [-0.39, 0.29) is 5.91 Å². The molecule has 1 atom stereocenters. The number of hydrogen-bond donors (Lipinski definition) is 2. The molecule has 2 aromatic carbocycles. The van der Waals surface area contributed by atoms with E-state index < -0.39 is 0 Å². The SMILES string of the molecule is COc1ccc(NC(=O)C[NH+](C)Cc2ccc(C)cc2)cc1Cl. The van der Waals surface area contributed by atoms with Crippen molar-refractivity contribution < 1.29 is 14.4 Å². The summed E-state index contributed by atoms with van der Waals surface area (Å²) in [6.45, 7) is 3.25. The Morgan fingerprint density at radius 1 is 1.22 bits per heavy atom. The molecule has 4 nitrogen and oxygen atoms in total. The molecule has 0 aliphatic heterocycles. The van der Waals surface area contributed by atoms with Gasteiger partial charge in [0.1, 0.15) is 12.3 Å². The summed E-state index contributed by atoms with van der Waals surface area (Å²) in [7, 11) is 3.56. The van der Waals surface area contributed by atoms with Crippen molar-refractivity contribution in [3.8, 4) is 5.75 Å². The zero-order valence-electron chi connectivity index (χ0n) is 13.7. The molecular weight excluding hydrogens is 312 g/mol. The number of nitrogens with one attached hydrogen (secondary N) is 2. The Kier molecular flexibility index (Phi) is 6.02. The molecule has 1 unspecified atom stereocenters. The largest absolute Gasteiger partial charge is 0.495 e. The Labute approximate surface area is 142 Å². The fourth-order valence-corrected chi connectivity index (χ4v) is 2.60. The molecule has 0 saturated heterocycles. The van der Waals surface area contributed by atoms with Gasteiger partial charge >= 0.3 is 0 Å². The third kappa shape index (κ3) is 5.27. The topological polar surface area (TPSA) is 42.8 Å². The predicted octanol–water partition coefficient (Wildman–Crippen LogP) is 2.31. The first-order valence-electron chi connectivity index (χ1n) is 7.48. The van der Waals surface area contributed by atoms with Crippen LogP contribution in [0.4, 0.5) is 5.69 Å². The van der Waals surface area contributed by atoms with Crippen LogP contribution >= 0.6 is 11.6 Å². The molecule has 2 aromatic rings. The lowest BCUT2D eigenvalue weighted by Gasteiger charge is -2.14. The van der Waals surface area contributed by atoms with Gasteiger partial charge in [-0.25, -0.2) is 0 Å². The molecule has 5 heteroatoms. The highest BCUT2D eigenvalue weighted by Crippen LogP contribution is 2.26. The summed E-state index contributed by atoms with van der Waals surface area (Å²) in [4.78, 5) is 13.2. The van der Waals surface area contributed by atoms with Crippen LogP contribution in [0.25, 0.3) is 0 Å². The molecule has 0 bridgehead atoms. The zero-order valence-corrected chi connectivity index (χ0v) is 14.4. The van der Waals surface area contributed by atoms with Gasteiger partial charge < -0.3 is 15.0 Å². The number of benzene rings is 2. The van der Waals surface area contributed by atoms with Crippen molar-refractivity contribution in [1.29, 1.82) is 0 Å². The standard InChI is InChI=1S/C18H21ClN2O2/c1-13-4-6-14(7-5-13)11-21(2)12-18(22)20-15-8-9-17(23-3)16(19)10-15/h4-10H,11-12H2,1-3H3,(H,20,22)/p+1. The molecule has 0 fully saturated rings. The van der Waals surface area contributed by atoms with E-state index in [0.717, 1.165) is 11.4 Å². The van der Waals surface area contributed by atoms with Gasteiger partial charge in [-0.1, -0.05) is 41.4 Å². The number of likely N-dealkylation sites (N-methyl/N-ethyl adjacent to an activating group) is 1. The average Bonchev–Trinajstić information content (AvgIpc) is 2.49. The number of hydrogen-bond acceptors (Lipinski definition) is 2. The summed E-state index contributed by atoms with van der Waals surface area (Å²) in [6, 6.07) is 13.6. The molecule has 0 aliphatic carbocycles.